The molecular weight excluding hydrogens is 288 g/mol. The molecule has 0 saturated carbocycles. The molecule has 0 aromatic heterocycles. The van der Waals surface area contributed by atoms with E-state index < -0.39 is 6.10 Å². The quantitative estimate of drug-likeness (QED) is 0.931. The van der Waals surface area contributed by atoms with Gasteiger partial charge in [-0.15, -0.1) is 0 Å². The molecule has 2 rings (SSSR count). The number of ether oxygens (including phenoxy) is 3. The molecule has 1 aromatic rings. The van der Waals surface area contributed by atoms with E-state index >= 15 is 0 Å². The van der Waals surface area contributed by atoms with Crippen LogP contribution in [-0.4, -0.2) is 32.0 Å². The monoisotopic (exact) mass is 302 g/mol. The fraction of sp³-hybridized carbons (Fsp3) is 0.500. The van der Waals surface area contributed by atoms with E-state index in [9.17, 15) is 5.11 Å². The van der Waals surface area contributed by atoms with Gasteiger partial charge in [-0.05, 0) is 33.6 Å². The van der Waals surface area contributed by atoms with Gasteiger partial charge in [-0.1, -0.05) is 0 Å². The molecule has 17 heavy (non-hydrogen) atoms. The molecule has 1 aliphatic heterocycles. The first kappa shape index (κ1) is 12.7. The zero-order valence-corrected chi connectivity index (χ0v) is 11.2. The molecule has 0 fully saturated rings. The number of methoxy groups -OCH3 is 1. The Morgan fingerprint density at radius 3 is 2.94 bits per heavy atom. The first-order valence-electron chi connectivity index (χ1n) is 5.48. The first-order chi connectivity index (χ1) is 8.22. The molecule has 1 N–H and O–H groups in total. The van der Waals surface area contributed by atoms with E-state index in [1.807, 2.05) is 6.07 Å². The summed E-state index contributed by atoms with van der Waals surface area (Å²) in [6.45, 7) is 1.53. The summed E-state index contributed by atoms with van der Waals surface area (Å²) in [4.78, 5) is 0. The SMILES string of the molecule is COCC(O)c1cc(Br)c2c(c1)OCCCO2. The molecule has 1 aliphatic rings. The van der Waals surface area contributed by atoms with Gasteiger partial charge in [-0.3, -0.25) is 0 Å². The van der Waals surface area contributed by atoms with Crippen molar-refractivity contribution in [1.29, 1.82) is 0 Å². The van der Waals surface area contributed by atoms with Crippen LogP contribution in [-0.2, 0) is 4.74 Å². The minimum absolute atomic E-state index is 0.256. The third-order valence-electron chi connectivity index (χ3n) is 2.53. The van der Waals surface area contributed by atoms with Crippen LogP contribution in [0.1, 0.15) is 18.1 Å². The molecule has 1 heterocycles. The lowest BCUT2D eigenvalue weighted by Gasteiger charge is -2.15. The summed E-state index contributed by atoms with van der Waals surface area (Å²) in [6.07, 6.45) is 0.199. The van der Waals surface area contributed by atoms with Crippen molar-refractivity contribution in [2.24, 2.45) is 0 Å². The van der Waals surface area contributed by atoms with Crippen molar-refractivity contribution in [2.75, 3.05) is 26.9 Å². The Kier molecular flexibility index (Phi) is 4.25. The molecule has 0 saturated heterocycles. The highest BCUT2D eigenvalue weighted by molar-refractivity contribution is 9.10. The highest BCUT2D eigenvalue weighted by Gasteiger charge is 2.18. The maximum atomic E-state index is 9.87. The van der Waals surface area contributed by atoms with Crippen LogP contribution in [0.4, 0.5) is 0 Å². The third-order valence-corrected chi connectivity index (χ3v) is 3.12. The highest BCUT2D eigenvalue weighted by atomic mass is 79.9. The third kappa shape index (κ3) is 2.91. The van der Waals surface area contributed by atoms with Crippen LogP contribution < -0.4 is 9.47 Å². The van der Waals surface area contributed by atoms with E-state index in [4.69, 9.17) is 14.2 Å². The Morgan fingerprint density at radius 2 is 2.18 bits per heavy atom. The summed E-state index contributed by atoms with van der Waals surface area (Å²) in [7, 11) is 1.56. The van der Waals surface area contributed by atoms with Gasteiger partial charge in [0.05, 0.1) is 24.3 Å². The lowest BCUT2D eigenvalue weighted by molar-refractivity contribution is 0.0642. The summed E-state index contributed by atoms with van der Waals surface area (Å²) in [5.41, 5.74) is 0.753. The van der Waals surface area contributed by atoms with Crippen LogP contribution in [0.5, 0.6) is 11.5 Å². The number of hydrogen-bond acceptors (Lipinski definition) is 4. The molecule has 1 unspecified atom stereocenters. The van der Waals surface area contributed by atoms with Crippen molar-refractivity contribution in [3.05, 3.63) is 22.2 Å². The summed E-state index contributed by atoms with van der Waals surface area (Å²) >= 11 is 3.43. The maximum Gasteiger partial charge on any atom is 0.175 e. The fourth-order valence-electron chi connectivity index (χ4n) is 1.70. The van der Waals surface area contributed by atoms with Gasteiger partial charge in [0.25, 0.3) is 0 Å². The summed E-state index contributed by atoms with van der Waals surface area (Å²) < 4.78 is 16.9. The number of fused-ring (bicyclic) bond motifs is 1. The molecule has 0 amide bonds. The van der Waals surface area contributed by atoms with E-state index in [-0.39, 0.29) is 6.61 Å². The van der Waals surface area contributed by atoms with Crippen molar-refractivity contribution < 1.29 is 19.3 Å². The second-order valence-corrected chi connectivity index (χ2v) is 4.71. The number of benzene rings is 1. The van der Waals surface area contributed by atoms with Crippen LogP contribution in [0, 0.1) is 0 Å². The average Bonchev–Trinajstić information content (AvgIpc) is 2.54. The highest BCUT2D eigenvalue weighted by Crippen LogP contribution is 2.39. The molecule has 5 heteroatoms. The topological polar surface area (TPSA) is 47.9 Å². The molecule has 0 aliphatic carbocycles. The van der Waals surface area contributed by atoms with Crippen LogP contribution in [0.2, 0.25) is 0 Å². The molecule has 0 radical (unpaired) electrons. The number of aliphatic hydroxyl groups is 1. The fourth-order valence-corrected chi connectivity index (χ4v) is 2.27. The van der Waals surface area contributed by atoms with Crippen molar-refractivity contribution >= 4 is 15.9 Å². The number of rotatable bonds is 3. The van der Waals surface area contributed by atoms with Crippen molar-refractivity contribution in [3.8, 4) is 11.5 Å². The van der Waals surface area contributed by atoms with Gasteiger partial charge in [-0.2, -0.15) is 0 Å². The van der Waals surface area contributed by atoms with E-state index in [0.29, 0.717) is 24.7 Å². The normalized spacial score (nSPS) is 16.4. The van der Waals surface area contributed by atoms with Gasteiger partial charge >= 0.3 is 0 Å². The Morgan fingerprint density at radius 1 is 1.41 bits per heavy atom. The Hall–Kier alpha value is -0.780. The molecule has 94 valence electrons. The van der Waals surface area contributed by atoms with Crippen molar-refractivity contribution in [3.63, 3.8) is 0 Å². The molecular formula is C12H15BrO4. The molecule has 0 bridgehead atoms. The lowest BCUT2D eigenvalue weighted by Crippen LogP contribution is -2.06. The largest absolute Gasteiger partial charge is 0.490 e. The molecule has 0 spiro atoms. The summed E-state index contributed by atoms with van der Waals surface area (Å²) in [6, 6.07) is 3.63. The van der Waals surface area contributed by atoms with Crippen molar-refractivity contribution in [1.82, 2.24) is 0 Å². The lowest BCUT2D eigenvalue weighted by atomic mass is 10.1. The number of hydrogen-bond donors (Lipinski definition) is 1. The first-order valence-corrected chi connectivity index (χ1v) is 6.27. The second-order valence-electron chi connectivity index (χ2n) is 3.85. The average molecular weight is 303 g/mol. The van der Waals surface area contributed by atoms with Gasteiger partial charge in [0.15, 0.2) is 11.5 Å². The standard InChI is InChI=1S/C12H15BrO4/c1-15-7-10(14)8-5-9(13)12-11(6-8)16-3-2-4-17-12/h5-6,10,14H,2-4,7H2,1H3. The maximum absolute atomic E-state index is 9.87. The molecule has 1 aromatic carbocycles. The number of halogens is 1. The predicted molar refractivity (Wildman–Crippen MR) is 66.6 cm³/mol. The summed E-state index contributed by atoms with van der Waals surface area (Å²) in [5, 5.41) is 9.87. The predicted octanol–water partition coefficient (Wildman–Crippen LogP) is 2.29. The summed E-state index contributed by atoms with van der Waals surface area (Å²) in [5.74, 6) is 1.37. The van der Waals surface area contributed by atoms with Gasteiger partial charge in [0.2, 0.25) is 0 Å². The van der Waals surface area contributed by atoms with Crippen molar-refractivity contribution in [2.45, 2.75) is 12.5 Å². The van der Waals surface area contributed by atoms with Gasteiger partial charge in [0, 0.05) is 13.5 Å². The Labute approximate surface area is 109 Å². The molecule has 4 nitrogen and oxygen atoms in total. The van der Waals surface area contributed by atoms with E-state index in [0.717, 1.165) is 16.5 Å². The Bertz CT molecular complexity index is 394. The second kappa shape index (κ2) is 5.71. The number of aliphatic hydroxyl groups excluding tert-OH is 1. The minimum atomic E-state index is -0.659. The van der Waals surface area contributed by atoms with Gasteiger partial charge in [0.1, 0.15) is 6.10 Å². The van der Waals surface area contributed by atoms with Crippen LogP contribution >= 0.6 is 15.9 Å². The van der Waals surface area contributed by atoms with Crippen LogP contribution in [0.25, 0.3) is 0 Å². The van der Waals surface area contributed by atoms with E-state index in [2.05, 4.69) is 15.9 Å². The minimum Gasteiger partial charge on any atom is -0.490 e. The van der Waals surface area contributed by atoms with Gasteiger partial charge < -0.3 is 19.3 Å². The van der Waals surface area contributed by atoms with Crippen LogP contribution in [0.15, 0.2) is 16.6 Å². The zero-order chi connectivity index (χ0) is 12.3. The van der Waals surface area contributed by atoms with Crippen LogP contribution in [0.3, 0.4) is 0 Å². The Balaban J connectivity index is 2.31. The van der Waals surface area contributed by atoms with E-state index in [1.165, 1.54) is 0 Å². The van der Waals surface area contributed by atoms with Gasteiger partial charge in [-0.25, -0.2) is 0 Å². The zero-order valence-electron chi connectivity index (χ0n) is 9.61. The molecule has 1 atom stereocenters. The van der Waals surface area contributed by atoms with E-state index in [1.54, 1.807) is 13.2 Å². The smallest absolute Gasteiger partial charge is 0.175 e.